The average Bonchev–Trinajstić information content (AvgIpc) is 2.83. The monoisotopic (exact) mass is 473 g/mol. The zero-order valence-electron chi connectivity index (χ0n) is 18.0. The molecule has 11 nitrogen and oxygen atoms in total. The van der Waals surface area contributed by atoms with Gasteiger partial charge >= 0.3 is 0 Å². The highest BCUT2D eigenvalue weighted by atomic mass is 32.2. The van der Waals surface area contributed by atoms with Crippen molar-refractivity contribution in [3.63, 3.8) is 0 Å². The van der Waals surface area contributed by atoms with Gasteiger partial charge in [0.1, 0.15) is 5.75 Å². The molecule has 0 saturated carbocycles. The first-order valence-electron chi connectivity index (χ1n) is 9.99. The van der Waals surface area contributed by atoms with Gasteiger partial charge in [-0.3, -0.25) is 25.2 Å². The van der Waals surface area contributed by atoms with E-state index < -0.39 is 21.8 Å². The van der Waals surface area contributed by atoms with Crippen LogP contribution in [0.1, 0.15) is 23.8 Å². The van der Waals surface area contributed by atoms with E-state index in [1.165, 1.54) is 31.4 Å². The Labute approximate surface area is 189 Å². The van der Waals surface area contributed by atoms with E-state index in [-0.39, 0.29) is 35.7 Å². The molecule has 3 N–H and O–H groups in total. The van der Waals surface area contributed by atoms with Crippen molar-refractivity contribution in [2.24, 2.45) is 0 Å². The first-order chi connectivity index (χ1) is 15.8. The van der Waals surface area contributed by atoms with Gasteiger partial charge in [0.15, 0.2) is 5.69 Å². The standard InChI is InChI=1S/C21H23N5O6S/c1-3-26-21(29)17-7-5-4-6-16(17)19(25-26)20(28)24-23-18(27)12-13-22-33(30,31)15-10-8-14(32-2)9-11-15/h4-11,22H,3,12-13H2,1-2H3,(H,23,27)(H,24,28). The smallest absolute Gasteiger partial charge is 0.290 e. The number of fused-ring (bicyclic) bond motifs is 1. The van der Waals surface area contributed by atoms with Crippen molar-refractivity contribution in [1.29, 1.82) is 0 Å². The predicted molar refractivity (Wildman–Crippen MR) is 120 cm³/mol. The summed E-state index contributed by atoms with van der Waals surface area (Å²) in [4.78, 5) is 37.1. The quantitative estimate of drug-likeness (QED) is 0.405. The summed E-state index contributed by atoms with van der Waals surface area (Å²) in [5, 5.41) is 4.76. The minimum atomic E-state index is -3.81. The van der Waals surface area contributed by atoms with Gasteiger partial charge in [-0.25, -0.2) is 17.8 Å². The largest absolute Gasteiger partial charge is 0.497 e. The topological polar surface area (TPSA) is 148 Å². The Balaban J connectivity index is 1.58. The number of carbonyl (C=O) groups excluding carboxylic acids is 2. The molecule has 0 unspecified atom stereocenters. The van der Waals surface area contributed by atoms with E-state index in [2.05, 4.69) is 20.7 Å². The van der Waals surface area contributed by atoms with Crippen LogP contribution in [0.3, 0.4) is 0 Å². The number of sulfonamides is 1. The van der Waals surface area contributed by atoms with Crippen LogP contribution < -0.4 is 25.9 Å². The fourth-order valence-corrected chi connectivity index (χ4v) is 4.03. The van der Waals surface area contributed by atoms with Crippen molar-refractivity contribution in [3.8, 4) is 5.75 Å². The summed E-state index contributed by atoms with van der Waals surface area (Å²) in [6, 6.07) is 12.3. The number of nitrogens with zero attached hydrogens (tertiary/aromatic N) is 2. The highest BCUT2D eigenvalue weighted by Gasteiger charge is 2.18. The van der Waals surface area contributed by atoms with E-state index in [0.717, 1.165) is 4.68 Å². The van der Waals surface area contributed by atoms with Crippen LogP contribution in [-0.2, 0) is 21.4 Å². The molecule has 3 rings (SSSR count). The molecule has 0 aliphatic carbocycles. The van der Waals surface area contributed by atoms with E-state index in [1.807, 2.05) is 0 Å². The highest BCUT2D eigenvalue weighted by Crippen LogP contribution is 2.15. The fourth-order valence-electron chi connectivity index (χ4n) is 3.00. The number of nitrogens with one attached hydrogen (secondary N) is 3. The third-order valence-corrected chi connectivity index (χ3v) is 6.19. The average molecular weight is 474 g/mol. The lowest BCUT2D eigenvalue weighted by Gasteiger charge is -2.11. The van der Waals surface area contributed by atoms with Gasteiger partial charge in [-0.05, 0) is 37.3 Å². The molecule has 1 heterocycles. The molecule has 0 bridgehead atoms. The minimum absolute atomic E-state index is 0.0208. The maximum atomic E-state index is 12.6. The van der Waals surface area contributed by atoms with Gasteiger partial charge in [-0.2, -0.15) is 5.10 Å². The second kappa shape index (κ2) is 10.2. The molecular weight excluding hydrogens is 450 g/mol. The van der Waals surface area contributed by atoms with E-state index in [4.69, 9.17) is 4.74 Å². The Morgan fingerprint density at radius 2 is 1.70 bits per heavy atom. The molecule has 33 heavy (non-hydrogen) atoms. The van der Waals surface area contributed by atoms with Crippen molar-refractivity contribution in [2.75, 3.05) is 13.7 Å². The summed E-state index contributed by atoms with van der Waals surface area (Å²) in [6.45, 7) is 1.81. The van der Waals surface area contributed by atoms with Crippen LogP contribution in [0.25, 0.3) is 10.8 Å². The number of aryl methyl sites for hydroxylation is 1. The van der Waals surface area contributed by atoms with Crippen LogP contribution in [0.5, 0.6) is 5.75 Å². The number of amides is 2. The molecule has 2 aromatic carbocycles. The Bertz CT molecular complexity index is 1340. The van der Waals surface area contributed by atoms with Crippen LogP contribution in [0.4, 0.5) is 0 Å². The van der Waals surface area contributed by atoms with Crippen molar-refractivity contribution in [1.82, 2.24) is 25.4 Å². The van der Waals surface area contributed by atoms with Crippen molar-refractivity contribution in [2.45, 2.75) is 24.8 Å². The number of aromatic nitrogens is 2. The third-order valence-electron chi connectivity index (χ3n) is 4.71. The van der Waals surface area contributed by atoms with Gasteiger partial charge in [0, 0.05) is 24.9 Å². The Hall–Kier alpha value is -3.77. The number of hydrogen-bond donors (Lipinski definition) is 3. The fraction of sp³-hybridized carbons (Fsp3) is 0.238. The molecule has 0 fully saturated rings. The normalized spacial score (nSPS) is 11.2. The summed E-state index contributed by atoms with van der Waals surface area (Å²) in [7, 11) is -2.34. The van der Waals surface area contributed by atoms with Crippen LogP contribution in [0.2, 0.25) is 0 Å². The zero-order valence-corrected chi connectivity index (χ0v) is 18.8. The van der Waals surface area contributed by atoms with Crippen molar-refractivity contribution >= 4 is 32.6 Å². The molecular formula is C21H23N5O6S. The maximum absolute atomic E-state index is 12.6. The number of hydrogen-bond acceptors (Lipinski definition) is 7. The number of benzene rings is 2. The highest BCUT2D eigenvalue weighted by molar-refractivity contribution is 7.89. The molecule has 1 aromatic heterocycles. The number of methoxy groups -OCH3 is 1. The van der Waals surface area contributed by atoms with Gasteiger partial charge in [0.05, 0.1) is 17.4 Å². The first kappa shape index (κ1) is 23.9. The van der Waals surface area contributed by atoms with Crippen molar-refractivity contribution in [3.05, 3.63) is 64.6 Å². The molecule has 3 aromatic rings. The summed E-state index contributed by atoms with van der Waals surface area (Å²) in [5.74, 6) is -0.810. The van der Waals surface area contributed by atoms with E-state index in [9.17, 15) is 22.8 Å². The lowest BCUT2D eigenvalue weighted by Crippen LogP contribution is -2.43. The second-order valence-electron chi connectivity index (χ2n) is 6.84. The summed E-state index contributed by atoms with van der Waals surface area (Å²) >= 11 is 0. The Kier molecular flexibility index (Phi) is 7.41. The molecule has 0 aliphatic heterocycles. The minimum Gasteiger partial charge on any atom is -0.497 e. The summed E-state index contributed by atoms with van der Waals surface area (Å²) < 4.78 is 33.0. The van der Waals surface area contributed by atoms with E-state index >= 15 is 0 Å². The third kappa shape index (κ3) is 5.54. The van der Waals surface area contributed by atoms with E-state index in [1.54, 1.807) is 31.2 Å². The molecule has 0 radical (unpaired) electrons. The van der Waals surface area contributed by atoms with Crippen molar-refractivity contribution < 1.29 is 22.7 Å². The van der Waals surface area contributed by atoms with Crippen LogP contribution in [0.15, 0.2) is 58.2 Å². The van der Waals surface area contributed by atoms with E-state index in [0.29, 0.717) is 16.5 Å². The van der Waals surface area contributed by atoms with Gasteiger partial charge < -0.3 is 4.74 Å². The second-order valence-corrected chi connectivity index (χ2v) is 8.61. The molecule has 0 saturated heterocycles. The Morgan fingerprint density at radius 3 is 2.33 bits per heavy atom. The van der Waals surface area contributed by atoms with Gasteiger partial charge in [-0.1, -0.05) is 18.2 Å². The summed E-state index contributed by atoms with van der Waals surface area (Å²) in [6.07, 6.45) is -0.224. The molecule has 12 heteroatoms. The number of ether oxygens (including phenoxy) is 1. The number of rotatable bonds is 8. The SMILES string of the molecule is CCn1nc(C(=O)NNC(=O)CCNS(=O)(=O)c2ccc(OC)cc2)c2ccccc2c1=O. The van der Waals surface area contributed by atoms with Crippen LogP contribution in [0, 0.1) is 0 Å². The molecule has 174 valence electrons. The summed E-state index contributed by atoms with van der Waals surface area (Å²) in [5.41, 5.74) is 4.13. The Morgan fingerprint density at radius 1 is 1.03 bits per heavy atom. The lowest BCUT2D eigenvalue weighted by atomic mass is 10.1. The maximum Gasteiger partial charge on any atom is 0.290 e. The molecule has 2 amide bonds. The predicted octanol–water partition coefficient (Wildman–Crippen LogP) is 0.555. The lowest BCUT2D eigenvalue weighted by molar-refractivity contribution is -0.121. The number of hydrazine groups is 1. The molecule has 0 spiro atoms. The first-order valence-corrected chi connectivity index (χ1v) is 11.5. The van der Waals surface area contributed by atoms with Crippen LogP contribution >= 0.6 is 0 Å². The number of carbonyl (C=O) groups is 2. The molecule has 0 aliphatic rings. The van der Waals surface area contributed by atoms with Gasteiger partial charge in [-0.15, -0.1) is 0 Å². The van der Waals surface area contributed by atoms with Gasteiger partial charge in [0.2, 0.25) is 15.9 Å². The van der Waals surface area contributed by atoms with Crippen LogP contribution in [-0.4, -0.2) is 43.7 Å². The van der Waals surface area contributed by atoms with Gasteiger partial charge in [0.25, 0.3) is 11.5 Å². The zero-order chi connectivity index (χ0) is 24.0. The molecule has 0 atom stereocenters.